The number of anilines is 2. The lowest BCUT2D eigenvalue weighted by Crippen LogP contribution is -2.44. The van der Waals surface area contributed by atoms with Crippen LogP contribution < -0.4 is 19.7 Å². The summed E-state index contributed by atoms with van der Waals surface area (Å²) in [5, 5.41) is 14.4. The largest absolute Gasteiger partial charge is 0.495 e. The van der Waals surface area contributed by atoms with Crippen molar-refractivity contribution in [2.24, 2.45) is 0 Å². The lowest BCUT2D eigenvalue weighted by molar-refractivity contribution is -0.384. The van der Waals surface area contributed by atoms with Crippen molar-refractivity contribution in [1.82, 2.24) is 9.80 Å². The topological polar surface area (TPSA) is 117 Å². The van der Waals surface area contributed by atoms with Crippen molar-refractivity contribution < 1.29 is 24.0 Å². The summed E-state index contributed by atoms with van der Waals surface area (Å²) in [7, 11) is 5.33. The fourth-order valence-electron chi connectivity index (χ4n) is 6.18. The van der Waals surface area contributed by atoms with E-state index in [4.69, 9.17) is 9.47 Å². The predicted molar refractivity (Wildman–Crippen MR) is 201 cm³/mol. The van der Waals surface area contributed by atoms with Gasteiger partial charge in [-0.25, -0.2) is 0 Å². The van der Waals surface area contributed by atoms with E-state index in [0.717, 1.165) is 63.1 Å². The molecule has 1 aliphatic rings. The third-order valence-corrected chi connectivity index (χ3v) is 9.24. The number of piperazine rings is 1. The molecule has 1 saturated heterocycles. The first-order valence-electron chi connectivity index (χ1n) is 17.4. The normalized spacial score (nSPS) is 13.4. The number of hydrogen-bond donors (Lipinski definition) is 1. The van der Waals surface area contributed by atoms with Crippen molar-refractivity contribution in [3.05, 3.63) is 112 Å². The van der Waals surface area contributed by atoms with Gasteiger partial charge in [0.25, 0.3) is 17.5 Å². The maximum atomic E-state index is 13.8. The van der Waals surface area contributed by atoms with Crippen LogP contribution in [0.5, 0.6) is 11.5 Å². The fraction of sp³-hybridized carbons (Fsp3) is 0.350. The lowest BCUT2D eigenvalue weighted by atomic mass is 9.98. The predicted octanol–water partition coefficient (Wildman–Crippen LogP) is 7.29. The van der Waals surface area contributed by atoms with Gasteiger partial charge in [-0.2, -0.15) is 0 Å². The molecule has 51 heavy (non-hydrogen) atoms. The Morgan fingerprint density at radius 2 is 1.63 bits per heavy atom. The van der Waals surface area contributed by atoms with Gasteiger partial charge < -0.3 is 29.5 Å². The first-order valence-corrected chi connectivity index (χ1v) is 17.4. The number of aryl methyl sites for hydroxylation is 1. The zero-order valence-corrected chi connectivity index (χ0v) is 29.9. The number of methoxy groups -OCH3 is 1. The summed E-state index contributed by atoms with van der Waals surface area (Å²) in [4.78, 5) is 44.8. The molecule has 1 N–H and O–H groups in total. The average molecular weight is 694 g/mol. The Labute approximate surface area is 299 Å². The van der Waals surface area contributed by atoms with E-state index in [1.165, 1.54) is 25.7 Å². The third kappa shape index (κ3) is 9.71. The van der Waals surface area contributed by atoms with Gasteiger partial charge in [0.05, 0.1) is 35.6 Å². The number of nitrogens with zero attached hydrogens (tertiary/aromatic N) is 4. The van der Waals surface area contributed by atoms with Crippen LogP contribution in [0.15, 0.2) is 84.9 Å². The van der Waals surface area contributed by atoms with Gasteiger partial charge in [0.2, 0.25) is 0 Å². The standard InChI is InChI=1S/C40H47N5O6/c1-29-14-19-36(38(26-29)51-25-11-6-5-10-20-44-23-21-42(2)22-24-44)43(3)40(47)31-15-18-35(37(27-31)50-4)41-39(46)34-28-32(45(48)49)16-17-33(34)30-12-8-7-9-13-30/h7-9,12-19,26-28H,5-6,10-11,20-25H2,1-4H3,(H,41,46). The number of non-ortho nitro benzene ring substituents is 1. The highest BCUT2D eigenvalue weighted by atomic mass is 16.6. The Kier molecular flexibility index (Phi) is 12.8. The second-order valence-electron chi connectivity index (χ2n) is 13.0. The highest BCUT2D eigenvalue weighted by Crippen LogP contribution is 2.33. The number of nitro groups is 1. The zero-order valence-electron chi connectivity index (χ0n) is 29.9. The second-order valence-corrected chi connectivity index (χ2v) is 13.0. The molecule has 1 heterocycles. The van der Waals surface area contributed by atoms with Crippen LogP contribution in [0.25, 0.3) is 11.1 Å². The van der Waals surface area contributed by atoms with Gasteiger partial charge in [-0.05, 0) is 86.4 Å². The molecule has 5 rings (SSSR count). The molecule has 11 heteroatoms. The van der Waals surface area contributed by atoms with Crippen LogP contribution >= 0.6 is 0 Å². The Bertz CT molecular complexity index is 1820. The maximum Gasteiger partial charge on any atom is 0.270 e. The van der Waals surface area contributed by atoms with Crippen molar-refractivity contribution in [3.8, 4) is 22.6 Å². The molecule has 4 aromatic carbocycles. The quantitative estimate of drug-likeness (QED) is 0.0784. The number of carbonyl (C=O) groups excluding carboxylic acids is 2. The van der Waals surface area contributed by atoms with Gasteiger partial charge in [0.15, 0.2) is 0 Å². The molecule has 0 spiro atoms. The number of hydrogen-bond acceptors (Lipinski definition) is 8. The smallest absolute Gasteiger partial charge is 0.270 e. The van der Waals surface area contributed by atoms with Crippen LogP contribution in [0.2, 0.25) is 0 Å². The number of nitro benzene ring substituents is 1. The summed E-state index contributed by atoms with van der Waals surface area (Å²) in [6, 6.07) is 23.9. The minimum Gasteiger partial charge on any atom is -0.495 e. The summed E-state index contributed by atoms with van der Waals surface area (Å²) in [6.45, 7) is 8.28. The highest BCUT2D eigenvalue weighted by Gasteiger charge is 2.22. The Hall–Kier alpha value is -5.26. The third-order valence-electron chi connectivity index (χ3n) is 9.24. The van der Waals surface area contributed by atoms with Crippen LogP contribution in [-0.4, -0.2) is 87.1 Å². The van der Waals surface area contributed by atoms with E-state index in [9.17, 15) is 19.7 Å². The van der Waals surface area contributed by atoms with E-state index in [1.807, 2.05) is 55.5 Å². The monoisotopic (exact) mass is 693 g/mol. The summed E-state index contributed by atoms with van der Waals surface area (Å²) < 4.78 is 11.8. The maximum absolute atomic E-state index is 13.8. The van der Waals surface area contributed by atoms with Gasteiger partial charge in [-0.1, -0.05) is 49.2 Å². The lowest BCUT2D eigenvalue weighted by Gasteiger charge is -2.32. The molecule has 0 aliphatic carbocycles. The minimum atomic E-state index is -0.552. The summed E-state index contributed by atoms with van der Waals surface area (Å²) >= 11 is 0. The Balaban J connectivity index is 1.23. The van der Waals surface area contributed by atoms with Gasteiger partial charge in [-0.15, -0.1) is 0 Å². The first-order chi connectivity index (χ1) is 24.6. The number of rotatable bonds is 15. The molecule has 0 aromatic heterocycles. The van der Waals surface area contributed by atoms with Gasteiger partial charge >= 0.3 is 0 Å². The highest BCUT2D eigenvalue weighted by molar-refractivity contribution is 6.11. The van der Waals surface area contributed by atoms with Crippen molar-refractivity contribution in [2.75, 3.05) is 70.8 Å². The zero-order chi connectivity index (χ0) is 36.3. The number of amides is 2. The SMILES string of the molecule is COc1cc(C(=O)N(C)c2ccc(C)cc2OCCCCCCN2CCN(C)CC2)ccc1NC(=O)c1cc([N+](=O)[O-])ccc1-c1ccccc1. The van der Waals surface area contributed by atoms with Gasteiger partial charge in [-0.3, -0.25) is 19.7 Å². The van der Waals surface area contributed by atoms with E-state index in [0.29, 0.717) is 34.9 Å². The summed E-state index contributed by atoms with van der Waals surface area (Å²) in [5.74, 6) is 0.0740. The number of ether oxygens (including phenoxy) is 2. The molecule has 0 unspecified atom stereocenters. The van der Waals surface area contributed by atoms with Crippen LogP contribution in [0, 0.1) is 17.0 Å². The fourth-order valence-corrected chi connectivity index (χ4v) is 6.18. The molecule has 2 amide bonds. The molecular formula is C40H47N5O6. The first kappa shape index (κ1) is 37.0. The molecule has 0 saturated carbocycles. The Morgan fingerprint density at radius 3 is 2.35 bits per heavy atom. The molecule has 0 radical (unpaired) electrons. The molecular weight excluding hydrogens is 646 g/mol. The molecule has 11 nitrogen and oxygen atoms in total. The molecule has 268 valence electrons. The van der Waals surface area contributed by atoms with Gasteiger partial charge in [0, 0.05) is 50.9 Å². The number of likely N-dealkylation sites (N-methyl/N-ethyl adjacent to an activating group) is 1. The number of benzene rings is 4. The van der Waals surface area contributed by atoms with Crippen LogP contribution in [0.4, 0.5) is 17.1 Å². The van der Waals surface area contributed by atoms with E-state index in [1.54, 1.807) is 36.2 Å². The van der Waals surface area contributed by atoms with Gasteiger partial charge in [0.1, 0.15) is 11.5 Å². The van der Waals surface area contributed by atoms with Crippen LogP contribution in [-0.2, 0) is 0 Å². The van der Waals surface area contributed by atoms with E-state index in [-0.39, 0.29) is 22.9 Å². The number of nitrogens with one attached hydrogen (secondary N) is 1. The summed E-state index contributed by atoms with van der Waals surface area (Å²) in [5.41, 5.74) is 3.56. The Morgan fingerprint density at radius 1 is 0.882 bits per heavy atom. The van der Waals surface area contributed by atoms with Crippen molar-refractivity contribution in [3.63, 3.8) is 0 Å². The van der Waals surface area contributed by atoms with E-state index in [2.05, 4.69) is 22.2 Å². The number of unbranched alkanes of at least 4 members (excludes halogenated alkanes) is 3. The summed E-state index contributed by atoms with van der Waals surface area (Å²) in [6.07, 6.45) is 4.36. The molecule has 4 aromatic rings. The van der Waals surface area contributed by atoms with E-state index >= 15 is 0 Å². The molecule has 1 aliphatic heterocycles. The molecule has 0 atom stereocenters. The van der Waals surface area contributed by atoms with Crippen molar-refractivity contribution in [2.45, 2.75) is 32.6 Å². The van der Waals surface area contributed by atoms with E-state index < -0.39 is 10.8 Å². The van der Waals surface area contributed by atoms with Crippen LogP contribution in [0.3, 0.4) is 0 Å². The molecule has 0 bridgehead atoms. The van der Waals surface area contributed by atoms with Crippen molar-refractivity contribution in [1.29, 1.82) is 0 Å². The minimum absolute atomic E-state index is 0.134. The van der Waals surface area contributed by atoms with Crippen LogP contribution in [0.1, 0.15) is 52.0 Å². The molecule has 1 fully saturated rings. The van der Waals surface area contributed by atoms with Crippen molar-refractivity contribution >= 4 is 28.9 Å². The second kappa shape index (κ2) is 17.6. The number of carbonyl (C=O) groups is 2. The average Bonchev–Trinajstić information content (AvgIpc) is 3.14.